The van der Waals surface area contributed by atoms with Crippen LogP contribution >= 0.6 is 0 Å². The highest BCUT2D eigenvalue weighted by Gasteiger charge is 2.15. The minimum Gasteiger partial charge on any atom is -0.415 e. The zero-order chi connectivity index (χ0) is 23.9. The number of ether oxygens (including phenoxy) is 1. The van der Waals surface area contributed by atoms with Gasteiger partial charge >= 0.3 is 0 Å². The summed E-state index contributed by atoms with van der Waals surface area (Å²) in [6.45, 7) is 3.35. The molecule has 0 saturated carbocycles. The normalized spacial score (nSPS) is 13.0. The fraction of sp³-hybridized carbons (Fsp3) is 0.280. The van der Waals surface area contributed by atoms with Crippen LogP contribution in [0.2, 0.25) is 0 Å². The second-order valence-electron chi connectivity index (χ2n) is 7.84. The summed E-state index contributed by atoms with van der Waals surface area (Å²) in [5.41, 5.74) is 4.02. The Morgan fingerprint density at radius 3 is 2.35 bits per heavy atom. The predicted octanol–water partition coefficient (Wildman–Crippen LogP) is 4.11. The number of nitrogens with one attached hydrogen (secondary N) is 1. The Labute approximate surface area is 201 Å². The smallest absolute Gasteiger partial charge is 0.268 e. The van der Waals surface area contributed by atoms with Gasteiger partial charge in [0.1, 0.15) is 5.69 Å². The monoisotopic (exact) mass is 477 g/mol. The van der Waals surface area contributed by atoms with E-state index >= 15 is 0 Å². The largest absolute Gasteiger partial charge is 0.415 e. The first-order chi connectivity index (χ1) is 16.6. The van der Waals surface area contributed by atoms with E-state index in [0.717, 1.165) is 29.0 Å². The van der Waals surface area contributed by atoms with Crippen molar-refractivity contribution in [2.45, 2.75) is 30.0 Å². The second kappa shape index (κ2) is 11.2. The van der Waals surface area contributed by atoms with Crippen LogP contribution in [0, 0.1) is 0 Å². The van der Waals surface area contributed by atoms with Crippen molar-refractivity contribution >= 4 is 10.8 Å². The number of nitrogens with zero attached hydrogens (tertiary/aromatic N) is 4. The predicted molar refractivity (Wildman–Crippen MR) is 131 cm³/mol. The Morgan fingerprint density at radius 2 is 1.65 bits per heavy atom. The van der Waals surface area contributed by atoms with Gasteiger partial charge in [0.25, 0.3) is 5.89 Å². The molecule has 0 aliphatic carbocycles. The van der Waals surface area contributed by atoms with Crippen LogP contribution in [0.5, 0.6) is 0 Å². The lowest BCUT2D eigenvalue weighted by Gasteiger charge is -2.11. The van der Waals surface area contributed by atoms with Crippen LogP contribution in [0.1, 0.15) is 18.9 Å². The molecule has 0 aliphatic heterocycles. The van der Waals surface area contributed by atoms with Crippen LogP contribution < -0.4 is 5.32 Å². The molecule has 34 heavy (non-hydrogen) atoms. The van der Waals surface area contributed by atoms with Gasteiger partial charge in [-0.1, -0.05) is 31.2 Å². The number of methoxy groups -OCH3 is 1. The van der Waals surface area contributed by atoms with Crippen LogP contribution in [0.25, 0.3) is 34.3 Å². The average molecular weight is 478 g/mol. The van der Waals surface area contributed by atoms with Crippen molar-refractivity contribution in [3.05, 3.63) is 66.5 Å². The Kier molecular flexibility index (Phi) is 7.89. The molecule has 0 amide bonds. The first-order valence-electron chi connectivity index (χ1n) is 11.0. The molecule has 2 aromatic carbocycles. The van der Waals surface area contributed by atoms with Gasteiger partial charge in [-0.05, 0) is 43.3 Å². The fourth-order valence-electron chi connectivity index (χ4n) is 3.40. The van der Waals surface area contributed by atoms with Gasteiger partial charge in [-0.2, -0.15) is 0 Å². The van der Waals surface area contributed by atoms with Crippen molar-refractivity contribution in [1.82, 2.24) is 25.5 Å². The van der Waals surface area contributed by atoms with E-state index in [1.807, 2.05) is 62.5 Å². The molecule has 2 unspecified atom stereocenters. The number of hydrogen-bond acceptors (Lipinski definition) is 8. The fourth-order valence-corrected chi connectivity index (χ4v) is 4.58. The van der Waals surface area contributed by atoms with Crippen LogP contribution in [-0.4, -0.2) is 50.4 Å². The first-order valence-corrected chi connectivity index (χ1v) is 12.2. The average Bonchev–Trinajstić information content (AvgIpc) is 3.38. The van der Waals surface area contributed by atoms with E-state index in [-0.39, 0.29) is 5.25 Å². The molecule has 0 aliphatic rings. The summed E-state index contributed by atoms with van der Waals surface area (Å²) in [6, 6.07) is 15.5. The Balaban J connectivity index is 1.51. The highest BCUT2D eigenvalue weighted by Crippen LogP contribution is 2.25. The van der Waals surface area contributed by atoms with Crippen molar-refractivity contribution in [3.63, 3.8) is 0 Å². The van der Waals surface area contributed by atoms with E-state index in [2.05, 4.69) is 25.5 Å². The van der Waals surface area contributed by atoms with Gasteiger partial charge in [0.05, 0.1) is 28.9 Å². The van der Waals surface area contributed by atoms with Crippen LogP contribution in [-0.2, 0) is 22.1 Å². The zero-order valence-electron chi connectivity index (χ0n) is 19.4. The van der Waals surface area contributed by atoms with E-state index in [1.165, 1.54) is 5.56 Å². The number of hydrogen-bond donors (Lipinski definition) is 1. The van der Waals surface area contributed by atoms with Gasteiger partial charge in [0.15, 0.2) is 0 Å². The maximum absolute atomic E-state index is 12.7. The third-order valence-corrected chi connectivity index (χ3v) is 7.04. The molecule has 0 radical (unpaired) electrons. The Bertz CT molecular complexity index is 1240. The van der Waals surface area contributed by atoms with Crippen molar-refractivity contribution in [2.24, 2.45) is 0 Å². The summed E-state index contributed by atoms with van der Waals surface area (Å²) in [5, 5.41) is 11.5. The quantitative estimate of drug-likeness (QED) is 0.364. The lowest BCUT2D eigenvalue weighted by Crippen LogP contribution is -2.13. The summed E-state index contributed by atoms with van der Waals surface area (Å²) >= 11 is 0. The molecule has 0 spiro atoms. The van der Waals surface area contributed by atoms with Crippen LogP contribution in [0.15, 0.2) is 70.2 Å². The maximum atomic E-state index is 12.7. The number of rotatable bonds is 10. The van der Waals surface area contributed by atoms with Crippen LogP contribution in [0.4, 0.5) is 0 Å². The minimum atomic E-state index is -1.10. The van der Waals surface area contributed by atoms with Crippen molar-refractivity contribution in [3.8, 4) is 34.3 Å². The molecule has 9 heteroatoms. The first kappa shape index (κ1) is 23.9. The third-order valence-electron chi connectivity index (χ3n) is 5.34. The van der Waals surface area contributed by atoms with Gasteiger partial charge in [-0.15, -0.1) is 10.2 Å². The van der Waals surface area contributed by atoms with E-state index in [1.54, 1.807) is 19.5 Å². The zero-order valence-corrected chi connectivity index (χ0v) is 20.2. The Morgan fingerprint density at radius 1 is 0.971 bits per heavy atom. The summed E-state index contributed by atoms with van der Waals surface area (Å²) in [4.78, 5) is 9.73. The third kappa shape index (κ3) is 5.61. The molecule has 0 saturated heterocycles. The minimum absolute atomic E-state index is 0.0140. The number of aromatic nitrogens is 4. The van der Waals surface area contributed by atoms with E-state index in [0.29, 0.717) is 29.8 Å². The lowest BCUT2D eigenvalue weighted by molar-refractivity contribution is 0.195. The highest BCUT2D eigenvalue weighted by atomic mass is 32.2. The maximum Gasteiger partial charge on any atom is 0.268 e. The van der Waals surface area contributed by atoms with Gasteiger partial charge < -0.3 is 14.5 Å². The van der Waals surface area contributed by atoms with E-state index < -0.39 is 10.8 Å². The lowest BCUT2D eigenvalue weighted by atomic mass is 10.1. The van der Waals surface area contributed by atoms with E-state index in [9.17, 15) is 4.21 Å². The molecule has 4 rings (SSSR count). The molecule has 0 bridgehead atoms. The van der Waals surface area contributed by atoms with Gasteiger partial charge in [-0.3, -0.25) is 9.19 Å². The molecule has 2 aromatic heterocycles. The van der Waals surface area contributed by atoms with E-state index in [4.69, 9.17) is 9.15 Å². The topological polar surface area (TPSA) is 103 Å². The SMILES string of the molecule is CNCc1ccc(-c2nnc(-c3cncc(-c4ccc(S(=O)C(C)CCOC)cc4)n3)o2)cc1. The summed E-state index contributed by atoms with van der Waals surface area (Å²) in [7, 11) is 2.46. The highest BCUT2D eigenvalue weighted by molar-refractivity contribution is 7.85. The molecule has 0 fully saturated rings. The van der Waals surface area contributed by atoms with Gasteiger partial charge in [-0.25, -0.2) is 4.98 Å². The molecule has 8 nitrogen and oxygen atoms in total. The summed E-state index contributed by atoms with van der Waals surface area (Å²) < 4.78 is 23.7. The number of benzene rings is 2. The standard InChI is InChI=1S/C25H27N5O3S/c1-17(12-13-32-3)34(31)21-10-8-19(9-11-21)22-15-27-16-23(28-22)25-30-29-24(33-25)20-6-4-18(5-7-20)14-26-2/h4-11,15-17,26H,12-14H2,1-3H3. The molecular formula is C25H27N5O3S. The molecule has 2 heterocycles. The van der Waals surface area contributed by atoms with Crippen molar-refractivity contribution < 1.29 is 13.4 Å². The summed E-state index contributed by atoms with van der Waals surface area (Å²) in [6.07, 6.45) is 4.01. The van der Waals surface area contributed by atoms with Gasteiger partial charge in [0.2, 0.25) is 5.89 Å². The van der Waals surface area contributed by atoms with Gasteiger partial charge in [0, 0.05) is 41.5 Å². The second-order valence-corrected chi connectivity index (χ2v) is 9.71. The van der Waals surface area contributed by atoms with Crippen molar-refractivity contribution in [1.29, 1.82) is 0 Å². The molecular weight excluding hydrogens is 450 g/mol. The van der Waals surface area contributed by atoms with Crippen molar-refractivity contribution in [2.75, 3.05) is 20.8 Å². The molecule has 1 N–H and O–H groups in total. The molecule has 4 aromatic rings. The van der Waals surface area contributed by atoms with Crippen LogP contribution in [0.3, 0.4) is 0 Å². The molecule has 176 valence electrons. The molecule has 2 atom stereocenters. The Hall–Kier alpha value is -3.27. The summed E-state index contributed by atoms with van der Waals surface area (Å²) in [5.74, 6) is 0.723.